The summed E-state index contributed by atoms with van der Waals surface area (Å²) in [5.41, 5.74) is 8.10. The molecule has 0 bridgehead atoms. The van der Waals surface area contributed by atoms with E-state index in [2.05, 4.69) is 6.92 Å². The van der Waals surface area contributed by atoms with E-state index in [0.717, 1.165) is 23.3 Å². The molecule has 2 N–H and O–H groups in total. The zero-order valence-corrected chi connectivity index (χ0v) is 11.7. The molecule has 2 nitrogen and oxygen atoms in total. The van der Waals surface area contributed by atoms with Gasteiger partial charge in [-0.25, -0.2) is 4.39 Å². The molecule has 2 aromatic carbocycles. The zero-order valence-electron chi connectivity index (χ0n) is 11.7. The van der Waals surface area contributed by atoms with Gasteiger partial charge in [0.05, 0.1) is 6.61 Å². The predicted molar refractivity (Wildman–Crippen MR) is 79.3 cm³/mol. The van der Waals surface area contributed by atoms with Gasteiger partial charge in [0.1, 0.15) is 11.6 Å². The summed E-state index contributed by atoms with van der Waals surface area (Å²) in [7, 11) is 0. The van der Waals surface area contributed by atoms with Crippen LogP contribution in [-0.4, -0.2) is 6.61 Å². The van der Waals surface area contributed by atoms with E-state index in [9.17, 15) is 4.39 Å². The molecule has 0 aromatic heterocycles. The number of rotatable bonds is 6. The average Bonchev–Trinajstić information content (AvgIpc) is 2.45. The second-order valence-corrected chi connectivity index (χ2v) is 4.86. The fourth-order valence-electron chi connectivity index (χ4n) is 2.07. The molecule has 0 spiro atoms. The molecule has 0 radical (unpaired) electrons. The lowest BCUT2D eigenvalue weighted by atomic mass is 9.99. The first-order chi connectivity index (χ1) is 9.69. The highest BCUT2D eigenvalue weighted by atomic mass is 19.1. The highest BCUT2D eigenvalue weighted by Crippen LogP contribution is 2.20. The van der Waals surface area contributed by atoms with Crippen molar-refractivity contribution in [2.75, 3.05) is 6.61 Å². The minimum absolute atomic E-state index is 0.142. The topological polar surface area (TPSA) is 35.2 Å². The summed E-state index contributed by atoms with van der Waals surface area (Å²) in [6.07, 6.45) is 1.60. The molecule has 0 aliphatic carbocycles. The van der Waals surface area contributed by atoms with Crippen LogP contribution in [0.4, 0.5) is 4.39 Å². The lowest BCUT2D eigenvalue weighted by Gasteiger charge is -2.13. The molecule has 106 valence electrons. The highest BCUT2D eigenvalue weighted by molar-refractivity contribution is 5.30. The van der Waals surface area contributed by atoms with E-state index in [1.165, 1.54) is 12.1 Å². The Labute approximate surface area is 119 Å². The Morgan fingerprint density at radius 2 is 1.90 bits per heavy atom. The SMILES string of the molecule is CCCOc1ccc(C(N)Cc2cccc(F)c2)cc1. The molecule has 0 saturated heterocycles. The molecule has 0 saturated carbocycles. The van der Waals surface area contributed by atoms with Crippen molar-refractivity contribution in [1.29, 1.82) is 0 Å². The number of benzene rings is 2. The van der Waals surface area contributed by atoms with Crippen molar-refractivity contribution in [2.24, 2.45) is 5.73 Å². The monoisotopic (exact) mass is 273 g/mol. The molecular formula is C17H20FNO. The van der Waals surface area contributed by atoms with Crippen LogP contribution in [0.5, 0.6) is 5.75 Å². The van der Waals surface area contributed by atoms with Gasteiger partial charge in [0.15, 0.2) is 0 Å². The first kappa shape index (κ1) is 14.5. The van der Waals surface area contributed by atoms with Gasteiger partial charge in [-0.05, 0) is 48.2 Å². The molecule has 0 aliphatic heterocycles. The molecule has 3 heteroatoms. The van der Waals surface area contributed by atoms with Crippen molar-refractivity contribution in [2.45, 2.75) is 25.8 Å². The van der Waals surface area contributed by atoms with Gasteiger partial charge < -0.3 is 10.5 Å². The Bertz CT molecular complexity index is 539. The lowest BCUT2D eigenvalue weighted by Crippen LogP contribution is -2.13. The maximum absolute atomic E-state index is 13.1. The summed E-state index contributed by atoms with van der Waals surface area (Å²) in [5.74, 6) is 0.631. The quantitative estimate of drug-likeness (QED) is 0.867. The van der Waals surface area contributed by atoms with Gasteiger partial charge in [-0.15, -0.1) is 0 Å². The van der Waals surface area contributed by atoms with E-state index in [1.807, 2.05) is 30.3 Å². The van der Waals surface area contributed by atoms with Crippen molar-refractivity contribution in [3.8, 4) is 5.75 Å². The van der Waals surface area contributed by atoms with E-state index < -0.39 is 0 Å². The fourth-order valence-corrected chi connectivity index (χ4v) is 2.07. The highest BCUT2D eigenvalue weighted by Gasteiger charge is 2.08. The van der Waals surface area contributed by atoms with Crippen LogP contribution >= 0.6 is 0 Å². The third kappa shape index (κ3) is 4.07. The minimum atomic E-state index is -0.224. The van der Waals surface area contributed by atoms with Gasteiger partial charge in [-0.2, -0.15) is 0 Å². The van der Waals surface area contributed by atoms with E-state index in [4.69, 9.17) is 10.5 Å². The van der Waals surface area contributed by atoms with Crippen molar-refractivity contribution >= 4 is 0 Å². The third-order valence-corrected chi connectivity index (χ3v) is 3.13. The van der Waals surface area contributed by atoms with Gasteiger partial charge in [-0.3, -0.25) is 0 Å². The predicted octanol–water partition coefficient (Wildman–Crippen LogP) is 3.86. The minimum Gasteiger partial charge on any atom is -0.494 e. The molecule has 0 amide bonds. The standard InChI is InChI=1S/C17H20FNO/c1-2-10-20-16-8-6-14(7-9-16)17(19)12-13-4-3-5-15(18)11-13/h3-9,11,17H,2,10,12,19H2,1H3. The molecule has 2 aromatic rings. The zero-order chi connectivity index (χ0) is 14.4. The van der Waals surface area contributed by atoms with E-state index in [0.29, 0.717) is 13.0 Å². The smallest absolute Gasteiger partial charge is 0.123 e. The summed E-state index contributed by atoms with van der Waals surface area (Å²) >= 11 is 0. The van der Waals surface area contributed by atoms with E-state index in [1.54, 1.807) is 6.07 Å². The number of nitrogens with two attached hydrogens (primary N) is 1. The maximum Gasteiger partial charge on any atom is 0.123 e. The summed E-state index contributed by atoms with van der Waals surface area (Å²) < 4.78 is 18.7. The van der Waals surface area contributed by atoms with E-state index >= 15 is 0 Å². The van der Waals surface area contributed by atoms with Crippen molar-refractivity contribution < 1.29 is 9.13 Å². The Morgan fingerprint density at radius 1 is 1.15 bits per heavy atom. The normalized spacial score (nSPS) is 12.2. The Kier molecular flexibility index (Phi) is 5.13. The van der Waals surface area contributed by atoms with Crippen LogP contribution in [0.15, 0.2) is 48.5 Å². The Balaban J connectivity index is 2.00. The summed E-state index contributed by atoms with van der Waals surface area (Å²) in [6.45, 7) is 2.79. The van der Waals surface area contributed by atoms with Crippen LogP contribution in [0, 0.1) is 5.82 Å². The first-order valence-electron chi connectivity index (χ1n) is 6.92. The summed E-state index contributed by atoms with van der Waals surface area (Å²) in [4.78, 5) is 0. The Hall–Kier alpha value is -1.87. The van der Waals surface area contributed by atoms with Crippen LogP contribution in [0.3, 0.4) is 0 Å². The lowest BCUT2D eigenvalue weighted by molar-refractivity contribution is 0.317. The second-order valence-electron chi connectivity index (χ2n) is 4.86. The molecule has 20 heavy (non-hydrogen) atoms. The van der Waals surface area contributed by atoms with Gasteiger partial charge in [-0.1, -0.05) is 31.2 Å². The van der Waals surface area contributed by atoms with Gasteiger partial charge >= 0.3 is 0 Å². The van der Waals surface area contributed by atoms with Gasteiger partial charge in [0.25, 0.3) is 0 Å². The van der Waals surface area contributed by atoms with Gasteiger partial charge in [0, 0.05) is 6.04 Å². The molecule has 1 unspecified atom stereocenters. The molecule has 0 aliphatic rings. The van der Waals surface area contributed by atoms with Crippen LogP contribution in [0.25, 0.3) is 0 Å². The number of hydrogen-bond acceptors (Lipinski definition) is 2. The van der Waals surface area contributed by atoms with Crippen molar-refractivity contribution in [3.05, 3.63) is 65.5 Å². The number of ether oxygens (including phenoxy) is 1. The van der Waals surface area contributed by atoms with Crippen LogP contribution in [-0.2, 0) is 6.42 Å². The summed E-state index contributed by atoms with van der Waals surface area (Å²) in [5, 5.41) is 0. The van der Waals surface area contributed by atoms with Crippen molar-refractivity contribution in [1.82, 2.24) is 0 Å². The molecular weight excluding hydrogens is 253 g/mol. The van der Waals surface area contributed by atoms with Crippen molar-refractivity contribution in [3.63, 3.8) is 0 Å². The largest absolute Gasteiger partial charge is 0.494 e. The average molecular weight is 273 g/mol. The number of halogens is 1. The van der Waals surface area contributed by atoms with Crippen LogP contribution in [0.2, 0.25) is 0 Å². The maximum atomic E-state index is 13.1. The fraction of sp³-hybridized carbons (Fsp3) is 0.294. The second kappa shape index (κ2) is 7.06. The molecule has 0 heterocycles. The Morgan fingerprint density at radius 3 is 2.55 bits per heavy atom. The van der Waals surface area contributed by atoms with Crippen LogP contribution < -0.4 is 10.5 Å². The molecule has 1 atom stereocenters. The number of hydrogen-bond donors (Lipinski definition) is 1. The third-order valence-electron chi connectivity index (χ3n) is 3.13. The summed E-state index contributed by atoms with van der Waals surface area (Å²) in [6, 6.07) is 14.2. The van der Waals surface area contributed by atoms with E-state index in [-0.39, 0.29) is 11.9 Å². The molecule has 0 fully saturated rings. The van der Waals surface area contributed by atoms with Gasteiger partial charge in [0.2, 0.25) is 0 Å². The van der Waals surface area contributed by atoms with Crippen LogP contribution in [0.1, 0.15) is 30.5 Å². The molecule has 2 rings (SSSR count). The first-order valence-corrected chi connectivity index (χ1v) is 6.92.